The van der Waals surface area contributed by atoms with Crippen LogP contribution in [0.3, 0.4) is 0 Å². The van der Waals surface area contributed by atoms with E-state index in [1.54, 1.807) is 24.8 Å². The highest BCUT2D eigenvalue weighted by Gasteiger charge is 2.27. The van der Waals surface area contributed by atoms with Crippen molar-refractivity contribution in [1.29, 1.82) is 0 Å². The molecule has 6 nitrogen and oxygen atoms in total. The van der Waals surface area contributed by atoms with Crippen LogP contribution in [-0.2, 0) is 4.79 Å². The summed E-state index contributed by atoms with van der Waals surface area (Å²) in [6.45, 7) is 5.55. The molecule has 3 heterocycles. The van der Waals surface area contributed by atoms with Crippen LogP contribution in [0.2, 0.25) is 0 Å². The van der Waals surface area contributed by atoms with Crippen molar-refractivity contribution in [2.45, 2.75) is 19.9 Å². The van der Waals surface area contributed by atoms with Gasteiger partial charge in [0, 0.05) is 55.1 Å². The minimum absolute atomic E-state index is 0.0837. The van der Waals surface area contributed by atoms with Crippen LogP contribution < -0.4 is 0 Å². The lowest BCUT2D eigenvalue weighted by Crippen LogP contribution is -2.41. The van der Waals surface area contributed by atoms with E-state index in [2.05, 4.69) is 38.7 Å². The Kier molecular flexibility index (Phi) is 5.29. The summed E-state index contributed by atoms with van der Waals surface area (Å²) in [7, 11) is 0. The number of ketones is 1. The molecule has 1 saturated heterocycles. The van der Waals surface area contributed by atoms with Gasteiger partial charge in [-0.15, -0.1) is 0 Å². The van der Waals surface area contributed by atoms with Gasteiger partial charge < -0.3 is 0 Å². The molecule has 1 fully saturated rings. The second kappa shape index (κ2) is 8.40. The van der Waals surface area contributed by atoms with Crippen molar-refractivity contribution < 1.29 is 4.79 Å². The van der Waals surface area contributed by atoms with E-state index in [1.165, 1.54) is 0 Å². The summed E-state index contributed by atoms with van der Waals surface area (Å²) < 4.78 is 0. The molecule has 0 spiro atoms. The number of hydrogen-bond donors (Lipinski definition) is 0. The maximum Gasteiger partial charge on any atom is 0.187 e. The van der Waals surface area contributed by atoms with Crippen LogP contribution in [0.15, 0.2) is 72.3 Å². The number of rotatable bonds is 3. The van der Waals surface area contributed by atoms with Gasteiger partial charge in [0.2, 0.25) is 0 Å². The van der Waals surface area contributed by atoms with E-state index in [9.17, 15) is 4.79 Å². The summed E-state index contributed by atoms with van der Waals surface area (Å²) in [5.41, 5.74) is 6.78. The maximum atomic E-state index is 13.4. The lowest BCUT2D eigenvalue weighted by Gasteiger charge is -2.32. The Balaban J connectivity index is 1.53. The zero-order valence-corrected chi connectivity index (χ0v) is 18.1. The second-order valence-electron chi connectivity index (χ2n) is 8.28. The standard InChI is InChI=1S/C26H23N5O/c1-17(2)31-15-20(11-18-3-5-22-24(13-18)29-9-7-27-22)26(32)21(16-31)12-19-4-6-23-25(14-19)30-10-8-28-23/h3-14,17H,15-16H2,1-2H3. The molecular weight excluding hydrogens is 398 g/mol. The number of likely N-dealkylation sites (tertiary alicyclic amines) is 1. The van der Waals surface area contributed by atoms with Crippen molar-refractivity contribution >= 4 is 40.0 Å². The number of carbonyl (C=O) groups excluding carboxylic acids is 1. The molecule has 6 heteroatoms. The van der Waals surface area contributed by atoms with Crippen LogP contribution in [-0.4, -0.2) is 49.8 Å². The summed E-state index contributed by atoms with van der Waals surface area (Å²) in [6, 6.07) is 12.1. The van der Waals surface area contributed by atoms with Gasteiger partial charge in [-0.05, 0) is 61.4 Å². The Bertz CT molecular complexity index is 1290. The SMILES string of the molecule is CC(C)N1CC(=Cc2ccc3nccnc3c2)C(=O)C(=Cc2ccc3nccnc3c2)C1. The minimum atomic E-state index is 0.0837. The second-order valence-corrected chi connectivity index (χ2v) is 8.28. The van der Waals surface area contributed by atoms with Gasteiger partial charge >= 0.3 is 0 Å². The van der Waals surface area contributed by atoms with E-state index in [0.717, 1.165) is 44.3 Å². The average molecular weight is 422 g/mol. The van der Waals surface area contributed by atoms with Crippen molar-refractivity contribution in [2.24, 2.45) is 0 Å². The molecule has 0 saturated carbocycles. The first-order valence-corrected chi connectivity index (χ1v) is 10.7. The lowest BCUT2D eigenvalue weighted by molar-refractivity contribution is -0.113. The zero-order chi connectivity index (χ0) is 22.1. The summed E-state index contributed by atoms with van der Waals surface area (Å²) >= 11 is 0. The quantitative estimate of drug-likeness (QED) is 0.459. The monoisotopic (exact) mass is 421 g/mol. The molecule has 0 aliphatic carbocycles. The first kappa shape index (κ1) is 20.2. The number of piperidine rings is 1. The first-order valence-electron chi connectivity index (χ1n) is 10.7. The Morgan fingerprint density at radius 1 is 0.719 bits per heavy atom. The van der Waals surface area contributed by atoms with E-state index in [0.29, 0.717) is 19.1 Å². The van der Waals surface area contributed by atoms with Crippen LogP contribution in [0.5, 0.6) is 0 Å². The van der Waals surface area contributed by atoms with Gasteiger partial charge in [-0.2, -0.15) is 0 Å². The van der Waals surface area contributed by atoms with Crippen LogP contribution in [0.25, 0.3) is 34.2 Å². The van der Waals surface area contributed by atoms with Crippen molar-refractivity contribution in [1.82, 2.24) is 24.8 Å². The topological polar surface area (TPSA) is 71.9 Å². The van der Waals surface area contributed by atoms with Crippen LogP contribution in [0.4, 0.5) is 0 Å². The first-order chi connectivity index (χ1) is 15.6. The molecule has 1 aliphatic rings. The van der Waals surface area contributed by atoms with Gasteiger partial charge in [-0.25, -0.2) is 0 Å². The van der Waals surface area contributed by atoms with Crippen LogP contribution >= 0.6 is 0 Å². The highest BCUT2D eigenvalue weighted by molar-refractivity contribution is 6.14. The van der Waals surface area contributed by atoms with Crippen molar-refractivity contribution in [3.63, 3.8) is 0 Å². The van der Waals surface area contributed by atoms with E-state index in [4.69, 9.17) is 0 Å². The molecule has 0 N–H and O–H groups in total. The molecule has 2 aromatic heterocycles. The van der Waals surface area contributed by atoms with Crippen LogP contribution in [0.1, 0.15) is 25.0 Å². The number of Topliss-reactive ketones (excluding diaryl/α,β-unsaturated/α-hetero) is 1. The molecule has 0 radical (unpaired) electrons. The Morgan fingerprint density at radius 2 is 1.16 bits per heavy atom. The van der Waals surface area contributed by atoms with Gasteiger partial charge in [0.15, 0.2) is 5.78 Å². The predicted octanol–water partition coefficient (Wildman–Crippen LogP) is 4.33. The molecule has 2 aromatic carbocycles. The molecule has 0 bridgehead atoms. The Hall–Kier alpha value is -3.77. The van der Waals surface area contributed by atoms with E-state index in [-0.39, 0.29) is 5.78 Å². The molecule has 32 heavy (non-hydrogen) atoms. The highest BCUT2D eigenvalue weighted by atomic mass is 16.1. The lowest BCUT2D eigenvalue weighted by atomic mass is 9.93. The fraction of sp³-hybridized carbons (Fsp3) is 0.192. The zero-order valence-electron chi connectivity index (χ0n) is 18.1. The van der Waals surface area contributed by atoms with Gasteiger partial charge in [0.05, 0.1) is 22.1 Å². The van der Waals surface area contributed by atoms with E-state index < -0.39 is 0 Å². The van der Waals surface area contributed by atoms with Gasteiger partial charge in [0.1, 0.15) is 0 Å². The third-order valence-electron chi connectivity index (χ3n) is 5.73. The fourth-order valence-corrected chi connectivity index (χ4v) is 3.97. The molecular formula is C26H23N5O. The Labute approximate surface area is 186 Å². The van der Waals surface area contributed by atoms with Gasteiger partial charge in [-0.3, -0.25) is 29.6 Å². The van der Waals surface area contributed by atoms with E-state index in [1.807, 2.05) is 48.6 Å². The molecule has 158 valence electrons. The Morgan fingerprint density at radius 3 is 1.59 bits per heavy atom. The third kappa shape index (κ3) is 4.05. The molecule has 1 aliphatic heterocycles. The average Bonchev–Trinajstić information content (AvgIpc) is 2.81. The predicted molar refractivity (Wildman–Crippen MR) is 127 cm³/mol. The molecule has 0 unspecified atom stereocenters. The largest absolute Gasteiger partial charge is 0.292 e. The number of nitrogens with zero attached hydrogens (tertiary/aromatic N) is 5. The van der Waals surface area contributed by atoms with Gasteiger partial charge in [0.25, 0.3) is 0 Å². The normalized spacial score (nSPS) is 17.8. The minimum Gasteiger partial charge on any atom is -0.292 e. The number of benzene rings is 2. The van der Waals surface area contributed by atoms with Gasteiger partial charge in [-0.1, -0.05) is 12.1 Å². The highest BCUT2D eigenvalue weighted by Crippen LogP contribution is 2.25. The molecule has 4 aromatic rings. The summed E-state index contributed by atoms with van der Waals surface area (Å²) in [4.78, 5) is 33.1. The number of hydrogen-bond acceptors (Lipinski definition) is 6. The fourth-order valence-electron chi connectivity index (χ4n) is 3.97. The summed E-state index contributed by atoms with van der Waals surface area (Å²) in [5.74, 6) is 0.0837. The molecule has 5 rings (SSSR count). The van der Waals surface area contributed by atoms with Crippen molar-refractivity contribution in [2.75, 3.05) is 13.1 Å². The molecule has 0 amide bonds. The van der Waals surface area contributed by atoms with Crippen LogP contribution in [0, 0.1) is 0 Å². The number of carbonyl (C=O) groups is 1. The number of aromatic nitrogens is 4. The maximum absolute atomic E-state index is 13.4. The van der Waals surface area contributed by atoms with E-state index >= 15 is 0 Å². The van der Waals surface area contributed by atoms with Crippen molar-refractivity contribution in [3.8, 4) is 0 Å². The summed E-state index contributed by atoms with van der Waals surface area (Å²) in [5, 5.41) is 0. The summed E-state index contributed by atoms with van der Waals surface area (Å²) in [6.07, 6.45) is 10.7. The number of fused-ring (bicyclic) bond motifs is 2. The molecule has 0 atom stereocenters. The smallest absolute Gasteiger partial charge is 0.187 e. The third-order valence-corrected chi connectivity index (χ3v) is 5.73. The van der Waals surface area contributed by atoms with Crippen molar-refractivity contribution in [3.05, 3.63) is 83.5 Å².